The Balaban J connectivity index is 1.28. The Morgan fingerprint density at radius 2 is 1.86 bits per heavy atom. The number of nitrogens with zero attached hydrogens (tertiary/aromatic N) is 3. The number of rotatable bonds is 5. The van der Waals surface area contributed by atoms with E-state index in [9.17, 15) is 9.59 Å². The van der Waals surface area contributed by atoms with Crippen molar-refractivity contribution in [2.24, 2.45) is 5.73 Å². The fourth-order valence-electron chi connectivity index (χ4n) is 4.50. The number of aromatic nitrogens is 2. The van der Waals surface area contributed by atoms with Gasteiger partial charge in [0.25, 0.3) is 5.91 Å². The van der Waals surface area contributed by atoms with Crippen LogP contribution in [0.2, 0.25) is 0 Å². The van der Waals surface area contributed by atoms with Gasteiger partial charge < -0.3 is 20.5 Å². The van der Waals surface area contributed by atoms with E-state index in [1.165, 1.54) is 32.4 Å². The van der Waals surface area contributed by atoms with Crippen LogP contribution in [0.25, 0.3) is 11.0 Å². The number of aryl methyl sites for hydroxylation is 1. The van der Waals surface area contributed by atoms with Crippen LogP contribution in [-0.4, -0.2) is 63.8 Å². The first-order valence-electron chi connectivity index (χ1n) is 10.4. The maximum atomic E-state index is 12.6. The fourth-order valence-corrected chi connectivity index (χ4v) is 4.50. The van der Waals surface area contributed by atoms with E-state index in [0.29, 0.717) is 24.4 Å². The van der Waals surface area contributed by atoms with Gasteiger partial charge in [0.05, 0.1) is 11.0 Å². The predicted molar refractivity (Wildman–Crippen MR) is 108 cm³/mol. The van der Waals surface area contributed by atoms with Crippen LogP contribution in [0.15, 0.2) is 18.2 Å². The summed E-state index contributed by atoms with van der Waals surface area (Å²) in [4.78, 5) is 35.6. The number of carbonyl (C=O) groups is 2. The van der Waals surface area contributed by atoms with Gasteiger partial charge in [0.1, 0.15) is 0 Å². The molecule has 7 heteroatoms. The van der Waals surface area contributed by atoms with Gasteiger partial charge in [-0.05, 0) is 62.9 Å². The molecule has 150 valence electrons. The minimum absolute atomic E-state index is 0.166. The number of hydrogen-bond donors (Lipinski definition) is 2. The highest BCUT2D eigenvalue weighted by atomic mass is 16.2. The zero-order chi connectivity index (χ0) is 19.5. The van der Waals surface area contributed by atoms with Crippen LogP contribution >= 0.6 is 0 Å². The lowest BCUT2D eigenvalue weighted by atomic mass is 9.99. The smallest absolute Gasteiger partial charge is 0.284 e. The summed E-state index contributed by atoms with van der Waals surface area (Å²) in [5.74, 6) is -0.166. The van der Waals surface area contributed by atoms with Crippen LogP contribution in [0, 0.1) is 0 Å². The maximum Gasteiger partial charge on any atom is 0.284 e. The maximum absolute atomic E-state index is 12.6. The molecule has 2 fully saturated rings. The Labute approximate surface area is 165 Å². The second-order valence-corrected chi connectivity index (χ2v) is 8.01. The zero-order valence-corrected chi connectivity index (χ0v) is 16.3. The summed E-state index contributed by atoms with van der Waals surface area (Å²) in [6, 6.07) is 6.43. The molecule has 3 N–H and O–H groups in total. The number of aromatic amines is 1. The first-order valence-corrected chi connectivity index (χ1v) is 10.4. The number of imidazole rings is 1. The van der Waals surface area contributed by atoms with Gasteiger partial charge in [-0.2, -0.15) is 0 Å². The largest absolute Gasteiger partial charge is 0.363 e. The van der Waals surface area contributed by atoms with E-state index in [1.807, 2.05) is 23.1 Å². The van der Waals surface area contributed by atoms with Gasteiger partial charge in [0.2, 0.25) is 5.91 Å². The molecule has 0 saturated carbocycles. The topological polar surface area (TPSA) is 95.3 Å². The van der Waals surface area contributed by atoms with Crippen molar-refractivity contribution in [1.82, 2.24) is 19.8 Å². The van der Waals surface area contributed by atoms with Crippen LogP contribution in [0.5, 0.6) is 0 Å². The van der Waals surface area contributed by atoms with Crippen molar-refractivity contribution in [3.8, 4) is 0 Å². The molecular formula is C21H29N5O2. The van der Waals surface area contributed by atoms with E-state index >= 15 is 0 Å². The van der Waals surface area contributed by atoms with Crippen molar-refractivity contribution in [1.29, 1.82) is 0 Å². The van der Waals surface area contributed by atoms with Gasteiger partial charge in [-0.3, -0.25) is 9.59 Å². The van der Waals surface area contributed by atoms with Crippen molar-refractivity contribution >= 4 is 22.8 Å². The molecule has 3 heterocycles. The standard InChI is InChI=1S/C21H29N5O2/c22-20(28)21-23-17-6-4-15(14-18(17)24-21)5-7-19(27)26-12-8-16(9-13-26)25-10-2-1-3-11-25/h4,6,14,16H,1-3,5,7-13H2,(H2,22,28)(H,23,24). The number of likely N-dealkylation sites (tertiary alicyclic amines) is 2. The molecule has 28 heavy (non-hydrogen) atoms. The first kappa shape index (κ1) is 18.9. The third-order valence-corrected chi connectivity index (χ3v) is 6.13. The third-order valence-electron chi connectivity index (χ3n) is 6.13. The molecule has 0 bridgehead atoms. The average molecular weight is 383 g/mol. The molecule has 2 amide bonds. The summed E-state index contributed by atoms with van der Waals surface area (Å²) in [6.07, 6.45) is 7.40. The summed E-state index contributed by atoms with van der Waals surface area (Å²) < 4.78 is 0. The molecule has 4 rings (SSSR count). The van der Waals surface area contributed by atoms with Crippen LogP contribution < -0.4 is 5.73 Å². The number of amides is 2. The molecule has 1 aromatic heterocycles. The molecule has 0 spiro atoms. The molecule has 2 aromatic rings. The number of fused-ring (bicyclic) bond motifs is 1. The van der Waals surface area contributed by atoms with Gasteiger partial charge in [0, 0.05) is 25.6 Å². The molecule has 2 aliphatic heterocycles. The SMILES string of the molecule is NC(=O)c1nc2ccc(CCC(=O)N3CCC(N4CCCCC4)CC3)cc2[nH]1. The molecular weight excluding hydrogens is 354 g/mol. The molecule has 7 nitrogen and oxygen atoms in total. The second-order valence-electron chi connectivity index (χ2n) is 8.01. The van der Waals surface area contributed by atoms with E-state index in [4.69, 9.17) is 5.73 Å². The van der Waals surface area contributed by atoms with Crippen molar-refractivity contribution in [2.45, 2.75) is 51.0 Å². The van der Waals surface area contributed by atoms with E-state index in [0.717, 1.165) is 37.0 Å². The highest BCUT2D eigenvalue weighted by Gasteiger charge is 2.27. The van der Waals surface area contributed by atoms with Gasteiger partial charge in [-0.25, -0.2) is 4.98 Å². The Morgan fingerprint density at radius 1 is 1.11 bits per heavy atom. The van der Waals surface area contributed by atoms with Gasteiger partial charge in [-0.15, -0.1) is 0 Å². The monoisotopic (exact) mass is 383 g/mol. The van der Waals surface area contributed by atoms with Crippen LogP contribution in [0.1, 0.15) is 54.7 Å². The van der Waals surface area contributed by atoms with Gasteiger partial charge >= 0.3 is 0 Å². The molecule has 0 unspecified atom stereocenters. The van der Waals surface area contributed by atoms with Crippen molar-refractivity contribution in [3.05, 3.63) is 29.6 Å². The van der Waals surface area contributed by atoms with E-state index in [1.54, 1.807) is 0 Å². The predicted octanol–water partition coefficient (Wildman–Crippen LogP) is 2.07. The molecule has 2 aliphatic rings. The number of benzene rings is 1. The second kappa shape index (κ2) is 8.31. The van der Waals surface area contributed by atoms with Crippen LogP contribution in [0.3, 0.4) is 0 Å². The Hall–Kier alpha value is -2.41. The fraction of sp³-hybridized carbons (Fsp3) is 0.571. The van der Waals surface area contributed by atoms with E-state index < -0.39 is 5.91 Å². The molecule has 2 saturated heterocycles. The molecule has 0 radical (unpaired) electrons. The van der Waals surface area contributed by atoms with Gasteiger partial charge in [0.15, 0.2) is 5.82 Å². The van der Waals surface area contributed by atoms with Crippen molar-refractivity contribution in [3.63, 3.8) is 0 Å². The number of piperidine rings is 2. The number of hydrogen-bond acceptors (Lipinski definition) is 4. The normalized spacial score (nSPS) is 19.2. The minimum Gasteiger partial charge on any atom is -0.363 e. The molecule has 0 aliphatic carbocycles. The quantitative estimate of drug-likeness (QED) is 0.826. The average Bonchev–Trinajstić information content (AvgIpc) is 3.16. The third kappa shape index (κ3) is 4.19. The first-order chi connectivity index (χ1) is 13.6. The minimum atomic E-state index is -0.569. The van der Waals surface area contributed by atoms with Crippen molar-refractivity contribution in [2.75, 3.05) is 26.2 Å². The lowest BCUT2D eigenvalue weighted by molar-refractivity contribution is -0.132. The summed E-state index contributed by atoms with van der Waals surface area (Å²) in [5.41, 5.74) is 7.82. The number of nitrogens with one attached hydrogen (secondary N) is 1. The van der Waals surface area contributed by atoms with Crippen LogP contribution in [-0.2, 0) is 11.2 Å². The molecule has 0 atom stereocenters. The Kier molecular flexibility index (Phi) is 5.62. The number of nitrogens with two attached hydrogens (primary N) is 1. The number of carbonyl (C=O) groups excluding carboxylic acids is 2. The summed E-state index contributed by atoms with van der Waals surface area (Å²) >= 11 is 0. The van der Waals surface area contributed by atoms with E-state index in [2.05, 4.69) is 14.9 Å². The zero-order valence-electron chi connectivity index (χ0n) is 16.3. The summed E-state index contributed by atoms with van der Waals surface area (Å²) in [6.45, 7) is 4.21. The van der Waals surface area contributed by atoms with E-state index in [-0.39, 0.29) is 11.7 Å². The summed E-state index contributed by atoms with van der Waals surface area (Å²) in [7, 11) is 0. The lowest BCUT2D eigenvalue weighted by Crippen LogP contribution is -2.48. The summed E-state index contributed by atoms with van der Waals surface area (Å²) in [5, 5.41) is 0. The van der Waals surface area contributed by atoms with Gasteiger partial charge in [-0.1, -0.05) is 12.5 Å². The van der Waals surface area contributed by atoms with Crippen molar-refractivity contribution < 1.29 is 9.59 Å². The number of H-pyrrole nitrogens is 1. The highest BCUT2D eigenvalue weighted by Crippen LogP contribution is 2.22. The van der Waals surface area contributed by atoms with Crippen LogP contribution in [0.4, 0.5) is 0 Å². The number of primary amides is 1. The highest BCUT2D eigenvalue weighted by molar-refractivity contribution is 5.93. The Bertz CT molecular complexity index is 848. The molecule has 1 aromatic carbocycles. The Morgan fingerprint density at radius 3 is 2.57 bits per heavy atom. The lowest BCUT2D eigenvalue weighted by Gasteiger charge is -2.40.